The monoisotopic (exact) mass is 251 g/mol. The molecule has 1 heterocycles. The van der Waals surface area contributed by atoms with Gasteiger partial charge in [-0.1, -0.05) is 6.58 Å². The van der Waals surface area contributed by atoms with Crippen LogP contribution in [-0.2, 0) is 0 Å². The fraction of sp³-hybridized carbons (Fsp3) is 0.867. The lowest BCUT2D eigenvalue weighted by atomic mass is 10.1. The van der Waals surface area contributed by atoms with E-state index < -0.39 is 0 Å². The van der Waals surface area contributed by atoms with E-state index in [9.17, 15) is 0 Å². The number of hydrogen-bond acceptors (Lipinski definition) is 3. The first-order valence-electron chi connectivity index (χ1n) is 7.32. The van der Waals surface area contributed by atoms with Gasteiger partial charge >= 0.3 is 0 Å². The minimum atomic E-state index is 0.188. The molecule has 0 unspecified atom stereocenters. The van der Waals surface area contributed by atoms with Gasteiger partial charge in [0, 0.05) is 50.8 Å². The highest BCUT2D eigenvalue weighted by Crippen LogP contribution is 2.27. The van der Waals surface area contributed by atoms with Gasteiger partial charge in [0.15, 0.2) is 0 Å². The van der Waals surface area contributed by atoms with Crippen LogP contribution in [0.5, 0.6) is 0 Å². The Morgan fingerprint density at radius 1 is 1.17 bits per heavy atom. The van der Waals surface area contributed by atoms with Crippen LogP contribution in [0.2, 0.25) is 0 Å². The number of piperazine rings is 1. The van der Waals surface area contributed by atoms with Gasteiger partial charge in [0.2, 0.25) is 0 Å². The van der Waals surface area contributed by atoms with Crippen LogP contribution in [0.15, 0.2) is 12.2 Å². The van der Waals surface area contributed by atoms with Gasteiger partial charge in [0.1, 0.15) is 0 Å². The molecule has 0 aromatic rings. The van der Waals surface area contributed by atoms with Crippen LogP contribution in [0.25, 0.3) is 0 Å². The lowest BCUT2D eigenvalue weighted by molar-refractivity contribution is 0.133. The van der Waals surface area contributed by atoms with Gasteiger partial charge < -0.3 is 5.32 Å². The highest BCUT2D eigenvalue weighted by Gasteiger charge is 2.31. The highest BCUT2D eigenvalue weighted by molar-refractivity contribution is 5.02. The third-order valence-corrected chi connectivity index (χ3v) is 3.79. The first-order chi connectivity index (χ1) is 8.44. The maximum absolute atomic E-state index is 4.20. The van der Waals surface area contributed by atoms with Gasteiger partial charge in [0.25, 0.3) is 0 Å². The molecule has 0 aromatic heterocycles. The molecule has 2 fully saturated rings. The fourth-order valence-electron chi connectivity index (χ4n) is 2.49. The number of nitrogens with zero attached hydrogens (tertiary/aromatic N) is 2. The molecule has 1 saturated carbocycles. The molecule has 1 saturated heterocycles. The van der Waals surface area contributed by atoms with E-state index in [1.54, 1.807) is 0 Å². The number of rotatable bonds is 5. The average Bonchev–Trinajstić information content (AvgIpc) is 3.10. The summed E-state index contributed by atoms with van der Waals surface area (Å²) in [6.07, 6.45) is 2.87. The first-order valence-corrected chi connectivity index (χ1v) is 7.32. The third-order valence-electron chi connectivity index (χ3n) is 3.79. The Bertz CT molecular complexity index is 281. The van der Waals surface area contributed by atoms with E-state index in [0.717, 1.165) is 19.1 Å². The molecule has 0 spiro atoms. The number of nitrogens with one attached hydrogen (secondary N) is 1. The van der Waals surface area contributed by atoms with Crippen LogP contribution in [0, 0.1) is 0 Å². The van der Waals surface area contributed by atoms with Crippen LogP contribution < -0.4 is 5.32 Å². The minimum absolute atomic E-state index is 0.188. The van der Waals surface area contributed by atoms with Crippen molar-refractivity contribution in [3.05, 3.63) is 12.2 Å². The minimum Gasteiger partial charge on any atom is -0.308 e. The van der Waals surface area contributed by atoms with E-state index in [4.69, 9.17) is 0 Å². The van der Waals surface area contributed by atoms with E-state index in [1.165, 1.54) is 44.6 Å². The van der Waals surface area contributed by atoms with Crippen molar-refractivity contribution in [1.29, 1.82) is 0 Å². The van der Waals surface area contributed by atoms with Crippen molar-refractivity contribution < 1.29 is 0 Å². The zero-order valence-corrected chi connectivity index (χ0v) is 12.3. The van der Waals surface area contributed by atoms with Crippen molar-refractivity contribution in [3.63, 3.8) is 0 Å². The van der Waals surface area contributed by atoms with Crippen molar-refractivity contribution >= 4 is 0 Å². The zero-order valence-electron chi connectivity index (χ0n) is 12.3. The fourth-order valence-corrected chi connectivity index (χ4v) is 2.49. The van der Waals surface area contributed by atoms with Gasteiger partial charge in [-0.15, -0.1) is 0 Å². The van der Waals surface area contributed by atoms with Crippen LogP contribution >= 0.6 is 0 Å². The normalized spacial score (nSPS) is 23.3. The van der Waals surface area contributed by atoms with Gasteiger partial charge in [-0.2, -0.15) is 0 Å². The molecule has 3 heteroatoms. The topological polar surface area (TPSA) is 18.5 Å². The molecule has 0 atom stereocenters. The SMILES string of the molecule is C=C(CNC(C)(C)C)CN1CCN(C2CC2)CC1. The Labute approximate surface area is 112 Å². The van der Waals surface area contributed by atoms with Crippen LogP contribution in [-0.4, -0.2) is 60.6 Å². The van der Waals surface area contributed by atoms with Crippen molar-refractivity contribution in [2.24, 2.45) is 0 Å². The Hall–Kier alpha value is -0.380. The van der Waals surface area contributed by atoms with Crippen molar-refractivity contribution in [1.82, 2.24) is 15.1 Å². The van der Waals surface area contributed by atoms with Gasteiger partial charge in [-0.05, 0) is 39.2 Å². The molecule has 2 aliphatic rings. The summed E-state index contributed by atoms with van der Waals surface area (Å²) in [6.45, 7) is 17.7. The molecule has 0 radical (unpaired) electrons. The predicted molar refractivity (Wildman–Crippen MR) is 77.9 cm³/mol. The second kappa shape index (κ2) is 5.72. The van der Waals surface area contributed by atoms with E-state index in [1.807, 2.05) is 0 Å². The molecule has 0 amide bonds. The van der Waals surface area contributed by atoms with Gasteiger partial charge in [-0.25, -0.2) is 0 Å². The van der Waals surface area contributed by atoms with Gasteiger partial charge in [0.05, 0.1) is 0 Å². The quantitative estimate of drug-likeness (QED) is 0.751. The summed E-state index contributed by atoms with van der Waals surface area (Å²) in [7, 11) is 0. The Balaban J connectivity index is 1.63. The Morgan fingerprint density at radius 2 is 1.78 bits per heavy atom. The van der Waals surface area contributed by atoms with Crippen molar-refractivity contribution in [2.75, 3.05) is 39.3 Å². The molecule has 18 heavy (non-hydrogen) atoms. The molecule has 104 valence electrons. The summed E-state index contributed by atoms with van der Waals surface area (Å²) < 4.78 is 0. The molecule has 1 aliphatic heterocycles. The molecular formula is C15H29N3. The summed E-state index contributed by atoms with van der Waals surface area (Å²) in [5, 5.41) is 3.51. The first kappa shape index (κ1) is 14.0. The van der Waals surface area contributed by atoms with Crippen molar-refractivity contribution in [2.45, 2.75) is 45.2 Å². The maximum Gasteiger partial charge on any atom is 0.0203 e. The highest BCUT2D eigenvalue weighted by atomic mass is 15.3. The lowest BCUT2D eigenvalue weighted by Gasteiger charge is -2.35. The predicted octanol–water partition coefficient (Wildman–Crippen LogP) is 1.71. The van der Waals surface area contributed by atoms with E-state index in [-0.39, 0.29) is 5.54 Å². The largest absolute Gasteiger partial charge is 0.308 e. The molecule has 1 N–H and O–H groups in total. The standard InChI is InChI=1S/C15H29N3/c1-13(11-16-15(2,3)4)12-17-7-9-18(10-8-17)14-5-6-14/h14,16H,1,5-12H2,2-4H3. The molecular weight excluding hydrogens is 222 g/mol. The summed E-state index contributed by atoms with van der Waals surface area (Å²) >= 11 is 0. The van der Waals surface area contributed by atoms with Crippen LogP contribution in [0.4, 0.5) is 0 Å². The molecule has 1 aliphatic carbocycles. The molecule has 2 rings (SSSR count). The molecule has 0 aromatic carbocycles. The summed E-state index contributed by atoms with van der Waals surface area (Å²) in [6, 6.07) is 0.929. The summed E-state index contributed by atoms with van der Waals surface area (Å²) in [5.74, 6) is 0. The van der Waals surface area contributed by atoms with E-state index in [0.29, 0.717) is 0 Å². The van der Waals surface area contributed by atoms with Crippen LogP contribution in [0.3, 0.4) is 0 Å². The van der Waals surface area contributed by atoms with E-state index in [2.05, 4.69) is 42.5 Å². The summed E-state index contributed by atoms with van der Waals surface area (Å²) in [4.78, 5) is 5.21. The third kappa shape index (κ3) is 4.71. The van der Waals surface area contributed by atoms with Crippen LogP contribution in [0.1, 0.15) is 33.6 Å². The maximum atomic E-state index is 4.20. The second-order valence-electron chi connectivity index (χ2n) is 6.90. The van der Waals surface area contributed by atoms with Gasteiger partial charge in [-0.3, -0.25) is 9.80 Å². The summed E-state index contributed by atoms with van der Waals surface area (Å²) in [5.41, 5.74) is 1.50. The smallest absolute Gasteiger partial charge is 0.0203 e. The molecule has 0 bridgehead atoms. The second-order valence-corrected chi connectivity index (χ2v) is 6.90. The Kier molecular flexibility index (Phi) is 4.46. The average molecular weight is 251 g/mol. The van der Waals surface area contributed by atoms with Crippen molar-refractivity contribution in [3.8, 4) is 0 Å². The Morgan fingerprint density at radius 3 is 2.28 bits per heavy atom. The zero-order chi connectivity index (χ0) is 13.2. The lowest BCUT2D eigenvalue weighted by Crippen LogP contribution is -2.48. The van der Waals surface area contributed by atoms with E-state index >= 15 is 0 Å². The molecule has 3 nitrogen and oxygen atoms in total. The number of hydrogen-bond donors (Lipinski definition) is 1.